The molecule has 0 aliphatic rings. The lowest BCUT2D eigenvalue weighted by atomic mass is 9.96. The van der Waals surface area contributed by atoms with Gasteiger partial charge in [-0.05, 0) is 76.5 Å². The highest BCUT2D eigenvalue weighted by atomic mass is 32.1. The van der Waals surface area contributed by atoms with E-state index in [0.717, 1.165) is 22.7 Å². The van der Waals surface area contributed by atoms with Gasteiger partial charge in [-0.3, -0.25) is 0 Å². The van der Waals surface area contributed by atoms with Crippen molar-refractivity contribution in [1.29, 1.82) is 0 Å². The molecule has 9 aromatic carbocycles. The highest BCUT2D eigenvalue weighted by Gasteiger charge is 2.25. The first kappa shape index (κ1) is 31.6. The molecular formula is C52H34N2S. The number of hydrogen-bond acceptors (Lipinski definition) is 2. The number of hydrogen-bond donors (Lipinski definition) is 0. The maximum absolute atomic E-state index is 2.46. The Morgan fingerprint density at radius 1 is 0.400 bits per heavy atom. The Kier molecular flexibility index (Phi) is 7.39. The van der Waals surface area contributed by atoms with Crippen molar-refractivity contribution in [3.63, 3.8) is 0 Å². The van der Waals surface area contributed by atoms with Gasteiger partial charge in [-0.2, -0.15) is 0 Å². The second-order valence-electron chi connectivity index (χ2n) is 14.1. The van der Waals surface area contributed by atoms with Gasteiger partial charge in [0, 0.05) is 53.4 Å². The van der Waals surface area contributed by atoms with Crippen LogP contribution in [0.5, 0.6) is 0 Å². The van der Waals surface area contributed by atoms with Crippen molar-refractivity contribution >= 4 is 81.1 Å². The molecule has 0 N–H and O–H groups in total. The van der Waals surface area contributed by atoms with Crippen molar-refractivity contribution < 1.29 is 0 Å². The summed E-state index contributed by atoms with van der Waals surface area (Å²) in [7, 11) is 0. The summed E-state index contributed by atoms with van der Waals surface area (Å²) in [5, 5.41) is 7.56. The van der Waals surface area contributed by atoms with Gasteiger partial charge in [-0.25, -0.2) is 0 Å². The molecule has 2 aromatic heterocycles. The van der Waals surface area contributed by atoms with E-state index in [4.69, 9.17) is 0 Å². The zero-order valence-corrected chi connectivity index (χ0v) is 30.7. The van der Waals surface area contributed by atoms with Crippen molar-refractivity contribution in [3.8, 4) is 27.9 Å². The zero-order valence-electron chi connectivity index (χ0n) is 29.9. The molecule has 0 saturated carbocycles. The third-order valence-electron chi connectivity index (χ3n) is 11.0. The van der Waals surface area contributed by atoms with Crippen LogP contribution < -0.4 is 4.90 Å². The Hall–Kier alpha value is -6.94. The molecule has 0 atom stereocenters. The maximum Gasteiger partial charge on any atom is 0.0555 e. The summed E-state index contributed by atoms with van der Waals surface area (Å²) in [5.74, 6) is 0. The Bertz CT molecular complexity index is 3170. The first-order valence-corrected chi connectivity index (χ1v) is 19.6. The first-order chi connectivity index (χ1) is 27.3. The Labute approximate surface area is 323 Å². The predicted molar refractivity (Wildman–Crippen MR) is 237 cm³/mol. The van der Waals surface area contributed by atoms with E-state index in [1.54, 1.807) is 0 Å². The summed E-state index contributed by atoms with van der Waals surface area (Å²) >= 11 is 1.88. The number of nitrogens with zero attached hydrogens (tertiary/aromatic N) is 2. The Morgan fingerprint density at radius 3 is 1.82 bits per heavy atom. The van der Waals surface area contributed by atoms with Gasteiger partial charge >= 0.3 is 0 Å². The number of anilines is 3. The number of rotatable bonds is 6. The highest BCUT2D eigenvalue weighted by Crippen LogP contribution is 2.50. The van der Waals surface area contributed by atoms with Crippen molar-refractivity contribution in [2.45, 2.75) is 0 Å². The van der Waals surface area contributed by atoms with Gasteiger partial charge in [0.25, 0.3) is 0 Å². The van der Waals surface area contributed by atoms with E-state index in [1.165, 1.54) is 75.0 Å². The number of thiophene rings is 1. The molecule has 2 nitrogen and oxygen atoms in total. The molecule has 258 valence electrons. The van der Waals surface area contributed by atoms with Crippen molar-refractivity contribution in [3.05, 3.63) is 206 Å². The zero-order chi connectivity index (χ0) is 36.3. The van der Waals surface area contributed by atoms with Crippen molar-refractivity contribution in [1.82, 2.24) is 4.57 Å². The summed E-state index contributed by atoms with van der Waals surface area (Å²) in [5.41, 5.74) is 11.7. The molecule has 0 saturated heterocycles. The molecule has 55 heavy (non-hydrogen) atoms. The van der Waals surface area contributed by atoms with Crippen LogP contribution in [-0.4, -0.2) is 4.57 Å². The van der Waals surface area contributed by atoms with Crippen LogP contribution in [0.1, 0.15) is 0 Å². The molecule has 0 aliphatic heterocycles. The SMILES string of the molecule is c1ccc(N(c2cccc(-c3cccc4ccccc34)c2)c2ccc3c(sc4ccccc43)c2-c2ccccc2-n2c3ccccc3c3ccccc32)cc1. The van der Waals surface area contributed by atoms with E-state index < -0.39 is 0 Å². The minimum Gasteiger partial charge on any atom is -0.310 e. The smallest absolute Gasteiger partial charge is 0.0555 e. The third-order valence-corrected chi connectivity index (χ3v) is 12.2. The molecule has 0 unspecified atom stereocenters. The average molecular weight is 719 g/mol. The minimum absolute atomic E-state index is 1.10. The number of benzene rings is 9. The molecule has 0 spiro atoms. The molecule has 0 fully saturated rings. The molecule has 0 amide bonds. The lowest BCUT2D eigenvalue weighted by Gasteiger charge is -2.29. The summed E-state index contributed by atoms with van der Waals surface area (Å²) in [6.45, 7) is 0. The van der Waals surface area contributed by atoms with E-state index >= 15 is 0 Å². The van der Waals surface area contributed by atoms with Crippen LogP contribution >= 0.6 is 11.3 Å². The largest absolute Gasteiger partial charge is 0.310 e. The molecule has 11 aromatic rings. The summed E-state index contributed by atoms with van der Waals surface area (Å²) in [6, 6.07) is 75.2. The van der Waals surface area contributed by atoms with Crippen LogP contribution in [0, 0.1) is 0 Å². The van der Waals surface area contributed by atoms with Gasteiger partial charge in [-0.15, -0.1) is 11.3 Å². The van der Waals surface area contributed by atoms with Crippen LogP contribution in [0.3, 0.4) is 0 Å². The lowest BCUT2D eigenvalue weighted by Crippen LogP contribution is -2.12. The van der Waals surface area contributed by atoms with Crippen LogP contribution in [0.2, 0.25) is 0 Å². The average Bonchev–Trinajstić information content (AvgIpc) is 3.80. The Balaban J connectivity index is 1.23. The van der Waals surface area contributed by atoms with Gasteiger partial charge in [0.1, 0.15) is 0 Å². The lowest BCUT2D eigenvalue weighted by molar-refractivity contribution is 1.18. The van der Waals surface area contributed by atoms with Crippen LogP contribution in [0.15, 0.2) is 206 Å². The van der Waals surface area contributed by atoms with E-state index in [2.05, 4.69) is 216 Å². The fourth-order valence-corrected chi connectivity index (χ4v) is 9.84. The number of para-hydroxylation sites is 4. The second kappa shape index (κ2) is 12.9. The molecule has 2 heterocycles. The molecule has 11 rings (SSSR count). The second-order valence-corrected chi connectivity index (χ2v) is 15.1. The number of aromatic nitrogens is 1. The Morgan fingerprint density at radius 2 is 1.00 bits per heavy atom. The molecule has 0 radical (unpaired) electrons. The predicted octanol–water partition coefficient (Wildman–Crippen LogP) is 15.1. The molecular weight excluding hydrogens is 685 g/mol. The van der Waals surface area contributed by atoms with Crippen LogP contribution in [0.25, 0.3) is 80.7 Å². The molecule has 3 heteroatoms. The van der Waals surface area contributed by atoms with E-state index in [1.807, 2.05) is 11.3 Å². The summed E-state index contributed by atoms with van der Waals surface area (Å²) in [6.07, 6.45) is 0. The van der Waals surface area contributed by atoms with Gasteiger partial charge < -0.3 is 9.47 Å². The van der Waals surface area contributed by atoms with Crippen LogP contribution in [0.4, 0.5) is 17.1 Å². The topological polar surface area (TPSA) is 8.17 Å². The van der Waals surface area contributed by atoms with Gasteiger partial charge in [0.05, 0.1) is 22.4 Å². The quantitative estimate of drug-likeness (QED) is 0.166. The number of fused-ring (bicyclic) bond motifs is 7. The normalized spacial score (nSPS) is 11.6. The van der Waals surface area contributed by atoms with Gasteiger partial charge in [0.2, 0.25) is 0 Å². The van der Waals surface area contributed by atoms with Gasteiger partial charge in [-0.1, -0.05) is 152 Å². The highest BCUT2D eigenvalue weighted by molar-refractivity contribution is 7.26. The maximum atomic E-state index is 2.46. The minimum atomic E-state index is 1.10. The first-order valence-electron chi connectivity index (χ1n) is 18.8. The van der Waals surface area contributed by atoms with Gasteiger partial charge in [0.15, 0.2) is 0 Å². The van der Waals surface area contributed by atoms with E-state index in [0.29, 0.717) is 0 Å². The van der Waals surface area contributed by atoms with Crippen molar-refractivity contribution in [2.75, 3.05) is 4.90 Å². The monoisotopic (exact) mass is 718 g/mol. The van der Waals surface area contributed by atoms with Crippen molar-refractivity contribution in [2.24, 2.45) is 0 Å². The molecule has 0 aliphatic carbocycles. The standard InChI is InChI=1S/C52H34N2S/c1-2-19-37(20-3-1)53(38-21-14-18-36(34-38)40-27-15-17-35-16-4-5-22-39(35)40)49-33-32-44-43-25-9-13-31-50(43)55-52(44)51(49)45-26-8-12-30-48(45)54-46-28-10-6-23-41(46)42-24-7-11-29-47(42)54/h1-34H. The van der Waals surface area contributed by atoms with E-state index in [9.17, 15) is 0 Å². The fraction of sp³-hybridized carbons (Fsp3) is 0. The fourth-order valence-electron chi connectivity index (χ4n) is 8.58. The summed E-state index contributed by atoms with van der Waals surface area (Å²) < 4.78 is 5.02. The third kappa shape index (κ3) is 5.09. The van der Waals surface area contributed by atoms with Crippen LogP contribution in [-0.2, 0) is 0 Å². The van der Waals surface area contributed by atoms with E-state index in [-0.39, 0.29) is 0 Å². The summed E-state index contributed by atoms with van der Waals surface area (Å²) in [4.78, 5) is 2.45. The molecule has 0 bridgehead atoms.